The van der Waals surface area contributed by atoms with Crippen LogP contribution < -0.4 is 0 Å². The van der Waals surface area contributed by atoms with Gasteiger partial charge in [0, 0.05) is 17.3 Å². The molecule has 0 aliphatic rings. The first-order chi connectivity index (χ1) is 12.8. The lowest BCUT2D eigenvalue weighted by molar-refractivity contribution is 0.877. The molecular weight excluding hydrogens is 324 g/mol. The molecule has 2 aromatic heterocycles. The first-order valence-electron chi connectivity index (χ1n) is 8.47. The lowest BCUT2D eigenvalue weighted by Gasteiger charge is -2.02. The third-order valence-electron chi connectivity index (χ3n) is 4.14. The summed E-state index contributed by atoms with van der Waals surface area (Å²) in [6.07, 6.45) is 7.87. The van der Waals surface area contributed by atoms with Crippen molar-refractivity contribution in [2.45, 2.75) is 13.3 Å². The standard InChI is InChI=1S/C20H18N6/c1-2-16-8-10-17(11-9-16)20-18(12-23-25-14-21-22-15-25)13-26(24-20)19-6-4-3-5-7-19/h3-15H,2H2,1H3/b23-12-. The molecule has 2 aromatic carbocycles. The van der Waals surface area contributed by atoms with Crippen LogP contribution in [-0.4, -0.2) is 30.9 Å². The Morgan fingerprint density at radius 3 is 2.38 bits per heavy atom. The molecule has 0 amide bonds. The Labute approximate surface area is 151 Å². The van der Waals surface area contributed by atoms with Gasteiger partial charge in [-0.3, -0.25) is 0 Å². The molecule has 0 N–H and O–H groups in total. The van der Waals surface area contributed by atoms with E-state index in [4.69, 9.17) is 5.10 Å². The molecule has 0 spiro atoms. The summed E-state index contributed by atoms with van der Waals surface area (Å²) in [7, 11) is 0. The van der Waals surface area contributed by atoms with Gasteiger partial charge in [-0.05, 0) is 24.1 Å². The molecule has 4 aromatic rings. The molecule has 0 bridgehead atoms. The highest BCUT2D eigenvalue weighted by Crippen LogP contribution is 2.23. The zero-order valence-electron chi connectivity index (χ0n) is 14.4. The van der Waals surface area contributed by atoms with Gasteiger partial charge in [-0.25, -0.2) is 9.36 Å². The van der Waals surface area contributed by atoms with Crippen LogP contribution in [0.3, 0.4) is 0 Å². The van der Waals surface area contributed by atoms with E-state index in [1.807, 2.05) is 41.2 Å². The average molecular weight is 342 g/mol. The number of aromatic nitrogens is 5. The van der Waals surface area contributed by atoms with Crippen molar-refractivity contribution < 1.29 is 0 Å². The third kappa shape index (κ3) is 3.30. The summed E-state index contributed by atoms with van der Waals surface area (Å²) in [6.45, 7) is 2.15. The monoisotopic (exact) mass is 342 g/mol. The van der Waals surface area contributed by atoms with Gasteiger partial charge in [0.2, 0.25) is 0 Å². The van der Waals surface area contributed by atoms with E-state index in [2.05, 4.69) is 46.5 Å². The lowest BCUT2D eigenvalue weighted by atomic mass is 10.1. The Bertz CT molecular complexity index is 998. The van der Waals surface area contributed by atoms with Crippen LogP contribution in [0.2, 0.25) is 0 Å². The minimum absolute atomic E-state index is 0.883. The van der Waals surface area contributed by atoms with Crippen LogP contribution in [0.5, 0.6) is 0 Å². The molecule has 0 unspecified atom stereocenters. The molecule has 26 heavy (non-hydrogen) atoms. The summed E-state index contributed by atoms with van der Waals surface area (Å²) in [5.74, 6) is 0. The molecule has 6 nitrogen and oxygen atoms in total. The molecule has 4 rings (SSSR count). The molecule has 0 aliphatic heterocycles. The van der Waals surface area contributed by atoms with Gasteiger partial charge in [0.05, 0.1) is 11.9 Å². The number of aryl methyl sites for hydroxylation is 1. The van der Waals surface area contributed by atoms with Crippen molar-refractivity contribution in [1.82, 2.24) is 24.7 Å². The van der Waals surface area contributed by atoms with Gasteiger partial charge < -0.3 is 0 Å². The van der Waals surface area contributed by atoms with E-state index in [0.717, 1.165) is 28.9 Å². The summed E-state index contributed by atoms with van der Waals surface area (Å²) < 4.78 is 3.43. The van der Waals surface area contributed by atoms with Crippen molar-refractivity contribution in [3.05, 3.63) is 84.6 Å². The van der Waals surface area contributed by atoms with Gasteiger partial charge >= 0.3 is 0 Å². The topological polar surface area (TPSA) is 60.9 Å². The number of hydrogen-bond acceptors (Lipinski definition) is 4. The second kappa shape index (κ2) is 7.14. The Kier molecular flexibility index (Phi) is 4.38. The normalized spacial score (nSPS) is 11.3. The minimum Gasteiger partial charge on any atom is -0.240 e. The summed E-state index contributed by atoms with van der Waals surface area (Å²) in [4.78, 5) is 0. The summed E-state index contributed by atoms with van der Waals surface area (Å²) in [6, 6.07) is 18.5. The second-order valence-corrected chi connectivity index (χ2v) is 5.85. The van der Waals surface area contributed by atoms with Crippen molar-refractivity contribution in [3.63, 3.8) is 0 Å². The lowest BCUT2D eigenvalue weighted by Crippen LogP contribution is -1.94. The quantitative estimate of drug-likeness (QED) is 0.521. The zero-order chi connectivity index (χ0) is 17.8. The molecule has 0 saturated carbocycles. The summed E-state index contributed by atoms with van der Waals surface area (Å²) >= 11 is 0. The van der Waals surface area contributed by atoms with E-state index in [9.17, 15) is 0 Å². The van der Waals surface area contributed by atoms with E-state index in [1.165, 1.54) is 5.56 Å². The molecule has 6 heteroatoms. The largest absolute Gasteiger partial charge is 0.240 e. The first-order valence-corrected chi connectivity index (χ1v) is 8.47. The maximum Gasteiger partial charge on any atom is 0.141 e. The van der Waals surface area contributed by atoms with Crippen molar-refractivity contribution >= 4 is 6.21 Å². The molecular formula is C20H18N6. The maximum absolute atomic E-state index is 4.79. The number of para-hydroxylation sites is 1. The third-order valence-corrected chi connectivity index (χ3v) is 4.14. The van der Waals surface area contributed by atoms with Gasteiger partial charge in [0.25, 0.3) is 0 Å². The van der Waals surface area contributed by atoms with Gasteiger partial charge in [-0.2, -0.15) is 10.2 Å². The van der Waals surface area contributed by atoms with Crippen molar-refractivity contribution in [1.29, 1.82) is 0 Å². The fraction of sp³-hybridized carbons (Fsp3) is 0.100. The van der Waals surface area contributed by atoms with Crippen LogP contribution in [0.4, 0.5) is 0 Å². The zero-order valence-corrected chi connectivity index (χ0v) is 14.4. The fourth-order valence-electron chi connectivity index (χ4n) is 2.70. The number of nitrogens with zero attached hydrogens (tertiary/aromatic N) is 6. The SMILES string of the molecule is CCc1ccc(-c2nn(-c3ccccc3)cc2/C=N\n2cnnc2)cc1. The second-order valence-electron chi connectivity index (χ2n) is 5.85. The Balaban J connectivity index is 1.77. The van der Waals surface area contributed by atoms with Crippen LogP contribution >= 0.6 is 0 Å². The van der Waals surface area contributed by atoms with E-state index < -0.39 is 0 Å². The van der Waals surface area contributed by atoms with Gasteiger partial charge in [-0.15, -0.1) is 10.2 Å². The highest BCUT2D eigenvalue weighted by molar-refractivity contribution is 5.88. The molecule has 128 valence electrons. The Hall–Kier alpha value is -3.54. The summed E-state index contributed by atoms with van der Waals surface area (Å²) in [5, 5.41) is 16.7. The Morgan fingerprint density at radius 2 is 1.69 bits per heavy atom. The predicted octanol–water partition coefficient (Wildman–Crippen LogP) is 3.58. The van der Waals surface area contributed by atoms with Crippen molar-refractivity contribution in [3.8, 4) is 16.9 Å². The van der Waals surface area contributed by atoms with Crippen LogP contribution in [-0.2, 0) is 6.42 Å². The molecule has 0 atom stereocenters. The van der Waals surface area contributed by atoms with E-state index in [0.29, 0.717) is 0 Å². The van der Waals surface area contributed by atoms with E-state index in [-0.39, 0.29) is 0 Å². The highest BCUT2D eigenvalue weighted by atomic mass is 15.4. The van der Waals surface area contributed by atoms with Crippen LogP contribution in [0, 0.1) is 0 Å². The molecule has 2 heterocycles. The molecule has 0 aliphatic carbocycles. The van der Waals surface area contributed by atoms with Crippen molar-refractivity contribution in [2.24, 2.45) is 5.10 Å². The minimum atomic E-state index is 0.883. The number of hydrogen-bond donors (Lipinski definition) is 0. The van der Waals surface area contributed by atoms with Crippen molar-refractivity contribution in [2.75, 3.05) is 0 Å². The number of benzene rings is 2. The van der Waals surface area contributed by atoms with E-state index in [1.54, 1.807) is 23.5 Å². The number of rotatable bonds is 5. The predicted molar refractivity (Wildman–Crippen MR) is 101 cm³/mol. The fourth-order valence-corrected chi connectivity index (χ4v) is 2.70. The van der Waals surface area contributed by atoms with Crippen LogP contribution in [0.15, 0.2) is 78.6 Å². The average Bonchev–Trinajstić information content (AvgIpc) is 3.37. The van der Waals surface area contributed by atoms with Gasteiger partial charge in [0.1, 0.15) is 18.3 Å². The smallest absolute Gasteiger partial charge is 0.141 e. The van der Waals surface area contributed by atoms with Gasteiger partial charge in [0.15, 0.2) is 0 Å². The summed E-state index contributed by atoms with van der Waals surface area (Å²) in [5.41, 5.74) is 5.17. The Morgan fingerprint density at radius 1 is 0.962 bits per heavy atom. The molecule has 0 saturated heterocycles. The van der Waals surface area contributed by atoms with Crippen LogP contribution in [0.25, 0.3) is 16.9 Å². The highest BCUT2D eigenvalue weighted by Gasteiger charge is 2.11. The maximum atomic E-state index is 4.79. The van der Waals surface area contributed by atoms with E-state index >= 15 is 0 Å². The van der Waals surface area contributed by atoms with Crippen LogP contribution in [0.1, 0.15) is 18.1 Å². The first kappa shape index (κ1) is 16.0. The molecule has 0 fully saturated rings. The van der Waals surface area contributed by atoms with Gasteiger partial charge in [-0.1, -0.05) is 49.4 Å². The molecule has 0 radical (unpaired) electrons.